The molecule has 0 atom stereocenters. The summed E-state index contributed by atoms with van der Waals surface area (Å²) in [5.74, 6) is 0. The van der Waals surface area contributed by atoms with Gasteiger partial charge in [-0.15, -0.1) is 0 Å². The van der Waals surface area contributed by atoms with E-state index in [2.05, 4.69) is 71.5 Å². The highest BCUT2D eigenvalue weighted by atomic mass is 32.1. The summed E-state index contributed by atoms with van der Waals surface area (Å²) in [6.07, 6.45) is 1.79. The number of aryl methyl sites for hydroxylation is 2. The lowest BCUT2D eigenvalue weighted by Crippen LogP contribution is -2.34. The predicted octanol–water partition coefficient (Wildman–Crippen LogP) is 2.85. The Morgan fingerprint density at radius 1 is 1.25 bits per heavy atom. The zero-order valence-electron chi connectivity index (χ0n) is 14.6. The van der Waals surface area contributed by atoms with Gasteiger partial charge in [0.15, 0.2) is 5.11 Å². The number of methoxy groups -OCH3 is 1. The molecule has 0 fully saturated rings. The van der Waals surface area contributed by atoms with E-state index in [0.717, 1.165) is 16.9 Å². The van der Waals surface area contributed by atoms with Crippen LogP contribution >= 0.6 is 12.2 Å². The lowest BCUT2D eigenvalue weighted by atomic mass is 10.2. The van der Waals surface area contributed by atoms with Gasteiger partial charge in [0, 0.05) is 36.3 Å². The molecule has 0 saturated carbocycles. The van der Waals surface area contributed by atoms with E-state index in [9.17, 15) is 0 Å². The van der Waals surface area contributed by atoms with Gasteiger partial charge in [-0.25, -0.2) is 0 Å². The summed E-state index contributed by atoms with van der Waals surface area (Å²) in [4.78, 5) is 0. The van der Waals surface area contributed by atoms with Crippen molar-refractivity contribution in [2.45, 2.75) is 20.8 Å². The Bertz CT molecular complexity index is 719. The molecule has 2 aromatic rings. The summed E-state index contributed by atoms with van der Waals surface area (Å²) >= 11 is 5.14. The molecular formula is C18H24N4OS. The molecular weight excluding hydrogens is 320 g/mol. The predicted molar refractivity (Wildman–Crippen MR) is 103 cm³/mol. The number of hydrogen-bond acceptors (Lipinski definition) is 3. The van der Waals surface area contributed by atoms with E-state index in [0.29, 0.717) is 18.3 Å². The fourth-order valence-corrected chi connectivity index (χ4v) is 2.63. The summed E-state index contributed by atoms with van der Waals surface area (Å²) < 4.78 is 7.17. The second kappa shape index (κ2) is 8.61. The third-order valence-electron chi connectivity index (χ3n) is 3.72. The summed E-state index contributed by atoms with van der Waals surface area (Å²) in [5.41, 5.74) is 8.58. The van der Waals surface area contributed by atoms with E-state index in [1.807, 2.05) is 0 Å². The molecule has 0 unspecified atom stereocenters. The Kier molecular flexibility index (Phi) is 6.52. The van der Waals surface area contributed by atoms with Crippen molar-refractivity contribution in [2.75, 3.05) is 20.3 Å². The van der Waals surface area contributed by atoms with Crippen LogP contribution in [0.1, 0.15) is 22.5 Å². The molecule has 0 amide bonds. The van der Waals surface area contributed by atoms with Crippen LogP contribution in [-0.4, -0.2) is 36.2 Å². The van der Waals surface area contributed by atoms with Crippen LogP contribution in [0.3, 0.4) is 0 Å². The minimum Gasteiger partial charge on any atom is -0.383 e. The normalized spacial score (nSPS) is 11.0. The van der Waals surface area contributed by atoms with Crippen LogP contribution in [-0.2, 0) is 4.74 Å². The average molecular weight is 344 g/mol. The highest BCUT2D eigenvalue weighted by Crippen LogP contribution is 2.20. The zero-order chi connectivity index (χ0) is 17.5. The molecule has 128 valence electrons. The summed E-state index contributed by atoms with van der Waals surface area (Å²) in [7, 11) is 1.65. The Morgan fingerprint density at radius 2 is 1.96 bits per heavy atom. The number of nitrogens with zero attached hydrogens (tertiary/aromatic N) is 2. The van der Waals surface area contributed by atoms with E-state index in [-0.39, 0.29) is 0 Å². The van der Waals surface area contributed by atoms with Crippen molar-refractivity contribution in [1.29, 1.82) is 0 Å². The van der Waals surface area contributed by atoms with Crippen molar-refractivity contribution in [3.05, 3.63) is 52.8 Å². The summed E-state index contributed by atoms with van der Waals surface area (Å²) in [6, 6.07) is 10.6. The number of benzene rings is 1. The molecule has 0 radical (unpaired) electrons. The second-order valence-corrected chi connectivity index (χ2v) is 6.02. The zero-order valence-corrected chi connectivity index (χ0v) is 15.4. The molecule has 2 rings (SSSR count). The molecule has 0 saturated heterocycles. The molecule has 0 aliphatic rings. The maximum Gasteiger partial charge on any atom is 0.187 e. The van der Waals surface area contributed by atoms with Gasteiger partial charge in [-0.05, 0) is 51.2 Å². The molecule has 0 aliphatic heterocycles. The number of thiocarbonyl (C=S) groups is 1. The van der Waals surface area contributed by atoms with Crippen LogP contribution in [0.4, 0.5) is 0 Å². The molecule has 1 heterocycles. The van der Waals surface area contributed by atoms with Gasteiger partial charge in [0.25, 0.3) is 0 Å². The minimum atomic E-state index is 0.482. The van der Waals surface area contributed by atoms with E-state index in [1.165, 1.54) is 11.3 Å². The molecule has 6 heteroatoms. The highest BCUT2D eigenvalue weighted by Gasteiger charge is 2.09. The van der Waals surface area contributed by atoms with Gasteiger partial charge in [-0.2, -0.15) is 5.10 Å². The summed E-state index contributed by atoms with van der Waals surface area (Å²) in [6.45, 7) is 7.52. The Balaban J connectivity index is 2.07. The standard InChI is InChI=1S/C18H24N4OS/c1-13-5-7-17(8-6-13)22-14(2)11-16(15(22)3)12-20-21-18(24)19-9-10-23-4/h5-8,11-12H,9-10H2,1-4H3,(H2,19,21,24)/b20-12-. The molecule has 0 bridgehead atoms. The molecule has 0 aliphatic carbocycles. The van der Waals surface area contributed by atoms with E-state index < -0.39 is 0 Å². The van der Waals surface area contributed by atoms with Gasteiger partial charge in [0.2, 0.25) is 0 Å². The Labute approximate surface area is 148 Å². The molecule has 2 N–H and O–H groups in total. The quantitative estimate of drug-likeness (QED) is 0.366. The second-order valence-electron chi connectivity index (χ2n) is 5.62. The van der Waals surface area contributed by atoms with Crippen LogP contribution in [0.15, 0.2) is 35.4 Å². The topological polar surface area (TPSA) is 50.6 Å². The molecule has 1 aromatic carbocycles. The Morgan fingerprint density at radius 3 is 2.62 bits per heavy atom. The third-order valence-corrected chi connectivity index (χ3v) is 3.96. The molecule has 0 spiro atoms. The van der Waals surface area contributed by atoms with E-state index >= 15 is 0 Å². The van der Waals surface area contributed by atoms with Gasteiger partial charge in [-0.1, -0.05) is 17.7 Å². The number of nitrogens with one attached hydrogen (secondary N) is 2. The van der Waals surface area contributed by atoms with Crippen molar-refractivity contribution < 1.29 is 4.74 Å². The van der Waals surface area contributed by atoms with Gasteiger partial charge in [-0.3, -0.25) is 5.43 Å². The van der Waals surface area contributed by atoms with Gasteiger partial charge < -0.3 is 14.6 Å². The highest BCUT2D eigenvalue weighted by molar-refractivity contribution is 7.80. The first-order valence-corrected chi connectivity index (χ1v) is 8.25. The van der Waals surface area contributed by atoms with E-state index in [4.69, 9.17) is 17.0 Å². The minimum absolute atomic E-state index is 0.482. The monoisotopic (exact) mass is 344 g/mol. The number of ether oxygens (including phenoxy) is 1. The molecule has 1 aromatic heterocycles. The lowest BCUT2D eigenvalue weighted by molar-refractivity contribution is 0.204. The fraction of sp³-hybridized carbons (Fsp3) is 0.333. The maximum absolute atomic E-state index is 5.14. The van der Waals surface area contributed by atoms with E-state index in [1.54, 1.807) is 13.3 Å². The average Bonchev–Trinajstić information content (AvgIpc) is 2.83. The first-order valence-electron chi connectivity index (χ1n) is 7.84. The van der Waals surface area contributed by atoms with Gasteiger partial charge in [0.05, 0.1) is 12.8 Å². The van der Waals surface area contributed by atoms with Gasteiger partial charge >= 0.3 is 0 Å². The van der Waals surface area contributed by atoms with Gasteiger partial charge in [0.1, 0.15) is 0 Å². The smallest absolute Gasteiger partial charge is 0.187 e. The third kappa shape index (κ3) is 4.66. The number of hydrazone groups is 1. The van der Waals surface area contributed by atoms with Crippen LogP contribution in [0.5, 0.6) is 0 Å². The summed E-state index contributed by atoms with van der Waals surface area (Å²) in [5, 5.41) is 7.70. The van der Waals surface area contributed by atoms with Crippen molar-refractivity contribution in [3.8, 4) is 5.69 Å². The SMILES string of the molecule is COCCNC(=S)N/N=C\c1cc(C)n(-c2ccc(C)cc2)c1C. The van der Waals surface area contributed by atoms with Crippen LogP contribution in [0, 0.1) is 20.8 Å². The largest absolute Gasteiger partial charge is 0.383 e. The van der Waals surface area contributed by atoms with Crippen molar-refractivity contribution in [3.63, 3.8) is 0 Å². The Hall–Kier alpha value is -2.18. The molecule has 5 nitrogen and oxygen atoms in total. The van der Waals surface area contributed by atoms with Crippen molar-refractivity contribution in [2.24, 2.45) is 5.10 Å². The van der Waals surface area contributed by atoms with Crippen LogP contribution in [0.25, 0.3) is 5.69 Å². The number of aromatic nitrogens is 1. The lowest BCUT2D eigenvalue weighted by Gasteiger charge is -2.10. The molecule has 24 heavy (non-hydrogen) atoms. The van der Waals surface area contributed by atoms with Crippen molar-refractivity contribution in [1.82, 2.24) is 15.3 Å². The number of hydrogen-bond donors (Lipinski definition) is 2. The number of rotatable bonds is 6. The first-order chi connectivity index (χ1) is 11.5. The van der Waals surface area contributed by atoms with Crippen LogP contribution < -0.4 is 10.7 Å². The maximum atomic E-state index is 5.14. The fourth-order valence-electron chi connectivity index (χ4n) is 2.48. The first kappa shape index (κ1) is 18.2. The van der Waals surface area contributed by atoms with Crippen molar-refractivity contribution >= 4 is 23.5 Å². The van der Waals surface area contributed by atoms with Crippen LogP contribution in [0.2, 0.25) is 0 Å².